The minimum Gasteiger partial charge on any atom is -0.396 e. The molecule has 2 aromatic carbocycles. The molecule has 0 amide bonds. The Bertz CT molecular complexity index is 581. The van der Waals surface area contributed by atoms with Crippen LogP contribution < -0.4 is 5.73 Å². The Kier molecular flexibility index (Phi) is 2.75. The van der Waals surface area contributed by atoms with Crippen molar-refractivity contribution >= 4 is 5.69 Å². The van der Waals surface area contributed by atoms with Gasteiger partial charge in [0, 0.05) is 17.2 Å². The lowest BCUT2D eigenvalue weighted by Gasteiger charge is -2.08. The molecule has 1 nitrogen and oxygen atoms in total. The Labute approximate surface area is 94.5 Å². The van der Waals surface area contributed by atoms with Gasteiger partial charge in [-0.25, -0.2) is 17.6 Å². The van der Waals surface area contributed by atoms with E-state index in [0.717, 1.165) is 6.07 Å². The zero-order chi connectivity index (χ0) is 12.6. The lowest BCUT2D eigenvalue weighted by molar-refractivity contribution is 0.496. The molecular formula is C12H7F4N. The quantitative estimate of drug-likeness (QED) is 0.461. The Hall–Kier alpha value is -2.04. The summed E-state index contributed by atoms with van der Waals surface area (Å²) < 4.78 is 52.3. The summed E-state index contributed by atoms with van der Waals surface area (Å²) in [5.74, 6) is -4.26. The van der Waals surface area contributed by atoms with Gasteiger partial charge < -0.3 is 5.73 Å². The van der Waals surface area contributed by atoms with E-state index in [-0.39, 0.29) is 16.8 Å². The monoisotopic (exact) mass is 241 g/mol. The van der Waals surface area contributed by atoms with Crippen LogP contribution in [-0.2, 0) is 0 Å². The van der Waals surface area contributed by atoms with Gasteiger partial charge in [0.05, 0.1) is 5.69 Å². The van der Waals surface area contributed by atoms with Crippen LogP contribution in [0, 0.1) is 23.3 Å². The molecule has 88 valence electrons. The molecule has 0 saturated heterocycles. The third kappa shape index (κ3) is 1.95. The number of benzene rings is 2. The van der Waals surface area contributed by atoms with Crippen molar-refractivity contribution in [2.45, 2.75) is 0 Å². The molecular weight excluding hydrogens is 234 g/mol. The van der Waals surface area contributed by atoms with Crippen molar-refractivity contribution < 1.29 is 17.6 Å². The van der Waals surface area contributed by atoms with Crippen molar-refractivity contribution in [2.24, 2.45) is 0 Å². The summed E-state index contributed by atoms with van der Waals surface area (Å²) in [6.45, 7) is 0. The average molecular weight is 241 g/mol. The van der Waals surface area contributed by atoms with Crippen molar-refractivity contribution in [1.82, 2.24) is 0 Å². The molecule has 0 aromatic heterocycles. The van der Waals surface area contributed by atoms with Crippen LogP contribution in [0.2, 0.25) is 0 Å². The van der Waals surface area contributed by atoms with Gasteiger partial charge in [-0.3, -0.25) is 0 Å². The molecule has 0 aliphatic heterocycles. The van der Waals surface area contributed by atoms with Gasteiger partial charge in [0.1, 0.15) is 11.6 Å². The van der Waals surface area contributed by atoms with Crippen LogP contribution in [0.5, 0.6) is 0 Å². The number of nitrogen functional groups attached to an aromatic ring is 1. The molecule has 17 heavy (non-hydrogen) atoms. The normalized spacial score (nSPS) is 10.6. The van der Waals surface area contributed by atoms with Crippen LogP contribution in [0.25, 0.3) is 11.1 Å². The Morgan fingerprint density at radius 1 is 0.706 bits per heavy atom. The largest absolute Gasteiger partial charge is 0.396 e. The summed E-state index contributed by atoms with van der Waals surface area (Å²) in [6.07, 6.45) is 0. The standard InChI is InChI=1S/C12H7F4N/c13-8-3-1-2-6(12(8)17)7-4-10(15)11(16)5-9(7)14/h1-5H,17H2. The minimum absolute atomic E-state index is 0.0126. The first-order valence-electron chi connectivity index (χ1n) is 4.69. The maximum atomic E-state index is 13.4. The van der Waals surface area contributed by atoms with Crippen LogP contribution in [0.1, 0.15) is 0 Å². The highest BCUT2D eigenvalue weighted by atomic mass is 19.2. The molecule has 0 aliphatic rings. The van der Waals surface area contributed by atoms with Crippen molar-refractivity contribution in [3.05, 3.63) is 53.6 Å². The van der Waals surface area contributed by atoms with Crippen LogP contribution in [0.15, 0.2) is 30.3 Å². The lowest BCUT2D eigenvalue weighted by Crippen LogP contribution is -1.97. The Balaban J connectivity index is 2.69. The van der Waals surface area contributed by atoms with E-state index in [1.807, 2.05) is 0 Å². The first kappa shape index (κ1) is 11.4. The predicted octanol–water partition coefficient (Wildman–Crippen LogP) is 3.49. The number of hydrogen-bond acceptors (Lipinski definition) is 1. The summed E-state index contributed by atoms with van der Waals surface area (Å²) in [6, 6.07) is 4.78. The van der Waals surface area contributed by atoms with Gasteiger partial charge in [-0.05, 0) is 12.1 Å². The molecule has 0 heterocycles. The third-order valence-electron chi connectivity index (χ3n) is 2.35. The number of rotatable bonds is 1. The van der Waals surface area contributed by atoms with Gasteiger partial charge in [-0.1, -0.05) is 12.1 Å². The van der Waals surface area contributed by atoms with Crippen molar-refractivity contribution in [3.8, 4) is 11.1 Å². The SMILES string of the molecule is Nc1c(F)cccc1-c1cc(F)c(F)cc1F. The van der Waals surface area contributed by atoms with Crippen LogP contribution in [0.3, 0.4) is 0 Å². The maximum Gasteiger partial charge on any atom is 0.161 e. The topological polar surface area (TPSA) is 26.0 Å². The van der Waals surface area contributed by atoms with Crippen molar-refractivity contribution in [1.29, 1.82) is 0 Å². The van der Waals surface area contributed by atoms with Crippen molar-refractivity contribution in [3.63, 3.8) is 0 Å². The van der Waals surface area contributed by atoms with E-state index in [1.165, 1.54) is 12.1 Å². The van der Waals surface area contributed by atoms with E-state index in [0.29, 0.717) is 12.1 Å². The number of hydrogen-bond donors (Lipinski definition) is 1. The van der Waals surface area contributed by atoms with Gasteiger partial charge >= 0.3 is 0 Å². The summed E-state index contributed by atoms with van der Waals surface area (Å²) in [7, 11) is 0. The van der Waals surface area contributed by atoms with E-state index in [2.05, 4.69) is 0 Å². The smallest absolute Gasteiger partial charge is 0.161 e. The fourth-order valence-corrected chi connectivity index (χ4v) is 1.50. The number of nitrogens with two attached hydrogens (primary N) is 1. The third-order valence-corrected chi connectivity index (χ3v) is 2.35. The van der Waals surface area contributed by atoms with Gasteiger partial charge in [-0.15, -0.1) is 0 Å². The first-order chi connectivity index (χ1) is 8.00. The summed E-state index contributed by atoms with van der Waals surface area (Å²) >= 11 is 0. The van der Waals surface area contributed by atoms with E-state index in [9.17, 15) is 17.6 Å². The van der Waals surface area contributed by atoms with Crippen LogP contribution in [-0.4, -0.2) is 0 Å². The summed E-state index contributed by atoms with van der Waals surface area (Å²) in [4.78, 5) is 0. The van der Waals surface area contributed by atoms with Gasteiger partial charge in [0.2, 0.25) is 0 Å². The molecule has 0 atom stereocenters. The number of para-hydroxylation sites is 1. The summed E-state index contributed by atoms with van der Waals surface area (Å²) in [5, 5.41) is 0. The minimum atomic E-state index is -1.30. The highest BCUT2D eigenvalue weighted by Crippen LogP contribution is 2.31. The van der Waals surface area contributed by atoms with Crippen molar-refractivity contribution in [2.75, 3.05) is 5.73 Å². The van der Waals surface area contributed by atoms with Gasteiger partial charge in [0.25, 0.3) is 0 Å². The van der Waals surface area contributed by atoms with Gasteiger partial charge in [0.15, 0.2) is 11.6 Å². The molecule has 5 heteroatoms. The van der Waals surface area contributed by atoms with E-state index in [4.69, 9.17) is 5.73 Å². The maximum absolute atomic E-state index is 13.4. The van der Waals surface area contributed by atoms with E-state index >= 15 is 0 Å². The number of halogens is 4. The molecule has 2 N–H and O–H groups in total. The summed E-state index contributed by atoms with van der Waals surface area (Å²) in [5.41, 5.74) is 4.82. The fourth-order valence-electron chi connectivity index (χ4n) is 1.50. The van der Waals surface area contributed by atoms with E-state index in [1.54, 1.807) is 0 Å². The van der Waals surface area contributed by atoms with Crippen LogP contribution in [0.4, 0.5) is 23.2 Å². The Morgan fingerprint density at radius 2 is 1.35 bits per heavy atom. The molecule has 0 aliphatic carbocycles. The highest BCUT2D eigenvalue weighted by molar-refractivity contribution is 5.77. The fraction of sp³-hybridized carbons (Fsp3) is 0. The zero-order valence-corrected chi connectivity index (χ0v) is 8.48. The molecule has 0 radical (unpaired) electrons. The first-order valence-corrected chi connectivity index (χ1v) is 4.69. The molecule has 2 aromatic rings. The molecule has 0 bridgehead atoms. The second-order valence-corrected chi connectivity index (χ2v) is 3.45. The Morgan fingerprint density at radius 3 is 2.06 bits per heavy atom. The number of anilines is 1. The molecule has 0 unspecified atom stereocenters. The molecule has 0 saturated carbocycles. The molecule has 2 rings (SSSR count). The highest BCUT2D eigenvalue weighted by Gasteiger charge is 2.14. The zero-order valence-electron chi connectivity index (χ0n) is 8.48. The predicted molar refractivity (Wildman–Crippen MR) is 56.1 cm³/mol. The molecule has 0 fully saturated rings. The average Bonchev–Trinajstić information content (AvgIpc) is 2.28. The van der Waals surface area contributed by atoms with Gasteiger partial charge in [-0.2, -0.15) is 0 Å². The lowest BCUT2D eigenvalue weighted by atomic mass is 10.0. The molecule has 0 spiro atoms. The van der Waals surface area contributed by atoms with E-state index < -0.39 is 23.3 Å². The van der Waals surface area contributed by atoms with Crippen LogP contribution >= 0.6 is 0 Å². The second kappa shape index (κ2) is 4.08. The second-order valence-electron chi connectivity index (χ2n) is 3.45.